The molecular formula is C28H30FN3O3. The molecule has 0 aromatic heterocycles. The highest BCUT2D eigenvalue weighted by atomic mass is 19.1. The number of rotatable bonds is 8. The normalized spacial score (nSPS) is 13.9. The van der Waals surface area contributed by atoms with Gasteiger partial charge in [0.25, 0.3) is 5.91 Å². The van der Waals surface area contributed by atoms with Gasteiger partial charge in [-0.2, -0.15) is 0 Å². The number of nitrogens with one attached hydrogen (secondary N) is 1. The number of carbonyl (C=O) groups is 2. The lowest BCUT2D eigenvalue weighted by atomic mass is 10.1. The number of hydrogen-bond acceptors (Lipinski definition) is 4. The molecule has 4 rings (SSSR count). The van der Waals surface area contributed by atoms with E-state index in [-0.39, 0.29) is 30.8 Å². The first-order valence-electron chi connectivity index (χ1n) is 11.9. The Hall–Kier alpha value is -3.71. The third-order valence-corrected chi connectivity index (χ3v) is 6.12. The van der Waals surface area contributed by atoms with Gasteiger partial charge >= 0.3 is 0 Å². The highest BCUT2D eigenvalue weighted by Gasteiger charge is 2.25. The van der Waals surface area contributed by atoms with Crippen LogP contribution in [-0.2, 0) is 17.8 Å². The summed E-state index contributed by atoms with van der Waals surface area (Å²) in [7, 11) is 0. The van der Waals surface area contributed by atoms with Crippen molar-refractivity contribution in [2.75, 3.05) is 38.0 Å². The third kappa shape index (κ3) is 6.45. The number of nitrogens with zero attached hydrogens (tertiary/aromatic N) is 2. The molecule has 35 heavy (non-hydrogen) atoms. The Kier molecular flexibility index (Phi) is 8.11. The van der Waals surface area contributed by atoms with E-state index in [0.717, 1.165) is 23.2 Å². The first kappa shape index (κ1) is 24.4. The molecule has 0 bridgehead atoms. The molecule has 0 spiro atoms. The molecule has 0 radical (unpaired) electrons. The quantitative estimate of drug-likeness (QED) is 0.526. The van der Waals surface area contributed by atoms with Crippen molar-refractivity contribution in [3.05, 3.63) is 95.3 Å². The number of anilines is 1. The van der Waals surface area contributed by atoms with Gasteiger partial charge in [0.2, 0.25) is 5.91 Å². The number of benzene rings is 3. The van der Waals surface area contributed by atoms with Crippen molar-refractivity contribution in [2.45, 2.75) is 20.0 Å². The van der Waals surface area contributed by atoms with Crippen LogP contribution in [0.5, 0.6) is 5.75 Å². The molecule has 0 aliphatic carbocycles. The van der Waals surface area contributed by atoms with Crippen LogP contribution < -0.4 is 10.1 Å². The summed E-state index contributed by atoms with van der Waals surface area (Å²) in [5.41, 5.74) is 3.28. The van der Waals surface area contributed by atoms with Crippen LogP contribution in [0.1, 0.15) is 28.4 Å². The number of ether oxygens (including phenoxy) is 1. The van der Waals surface area contributed by atoms with E-state index in [1.54, 1.807) is 29.2 Å². The fraction of sp³-hybridized carbons (Fsp3) is 0.286. The molecule has 2 amide bonds. The molecule has 7 heteroatoms. The number of aryl methyl sites for hydroxylation is 1. The minimum absolute atomic E-state index is 0.0507. The van der Waals surface area contributed by atoms with E-state index in [0.29, 0.717) is 37.5 Å². The molecule has 1 saturated heterocycles. The summed E-state index contributed by atoms with van der Waals surface area (Å²) in [4.78, 5) is 29.6. The van der Waals surface area contributed by atoms with E-state index >= 15 is 0 Å². The van der Waals surface area contributed by atoms with Crippen LogP contribution >= 0.6 is 0 Å². The van der Waals surface area contributed by atoms with Gasteiger partial charge in [0.15, 0.2) is 0 Å². The van der Waals surface area contributed by atoms with E-state index < -0.39 is 0 Å². The van der Waals surface area contributed by atoms with Crippen LogP contribution in [0.15, 0.2) is 72.8 Å². The van der Waals surface area contributed by atoms with Crippen molar-refractivity contribution in [2.24, 2.45) is 0 Å². The van der Waals surface area contributed by atoms with Gasteiger partial charge in [-0.1, -0.05) is 49.4 Å². The highest BCUT2D eigenvalue weighted by Crippen LogP contribution is 2.22. The fourth-order valence-electron chi connectivity index (χ4n) is 4.13. The zero-order valence-corrected chi connectivity index (χ0v) is 19.9. The zero-order valence-electron chi connectivity index (χ0n) is 19.9. The Labute approximate surface area is 205 Å². The topological polar surface area (TPSA) is 61.9 Å². The molecule has 1 N–H and O–H groups in total. The largest absolute Gasteiger partial charge is 0.488 e. The monoisotopic (exact) mass is 475 g/mol. The Bertz CT molecular complexity index is 1160. The lowest BCUT2D eigenvalue weighted by molar-refractivity contribution is -0.117. The number of para-hydroxylation sites is 2. The summed E-state index contributed by atoms with van der Waals surface area (Å²) >= 11 is 0. The molecule has 1 heterocycles. The van der Waals surface area contributed by atoms with Gasteiger partial charge in [-0.3, -0.25) is 14.5 Å². The Morgan fingerprint density at radius 2 is 1.60 bits per heavy atom. The van der Waals surface area contributed by atoms with E-state index in [2.05, 4.69) is 17.1 Å². The van der Waals surface area contributed by atoms with Crippen molar-refractivity contribution in [3.63, 3.8) is 0 Å². The molecule has 6 nitrogen and oxygen atoms in total. The Morgan fingerprint density at radius 3 is 2.34 bits per heavy atom. The minimum Gasteiger partial charge on any atom is -0.488 e. The molecule has 3 aromatic rings. The van der Waals surface area contributed by atoms with Crippen molar-refractivity contribution in [1.82, 2.24) is 9.80 Å². The van der Waals surface area contributed by atoms with Crippen molar-refractivity contribution >= 4 is 17.5 Å². The smallest absolute Gasteiger partial charge is 0.257 e. The zero-order chi connectivity index (χ0) is 24.6. The van der Waals surface area contributed by atoms with Crippen LogP contribution in [-0.4, -0.2) is 54.3 Å². The lowest BCUT2D eigenvalue weighted by Gasteiger charge is -2.34. The van der Waals surface area contributed by atoms with E-state index in [1.165, 1.54) is 12.1 Å². The van der Waals surface area contributed by atoms with Gasteiger partial charge in [-0.25, -0.2) is 4.39 Å². The molecule has 182 valence electrons. The highest BCUT2D eigenvalue weighted by molar-refractivity contribution is 5.97. The third-order valence-electron chi connectivity index (χ3n) is 6.12. The summed E-state index contributed by atoms with van der Waals surface area (Å²) < 4.78 is 19.0. The maximum atomic E-state index is 13.2. The molecule has 3 aromatic carbocycles. The summed E-state index contributed by atoms with van der Waals surface area (Å²) in [6.45, 7) is 4.90. The van der Waals surface area contributed by atoms with Crippen molar-refractivity contribution < 1.29 is 18.7 Å². The molecule has 1 fully saturated rings. The van der Waals surface area contributed by atoms with Crippen LogP contribution in [0.2, 0.25) is 0 Å². The van der Waals surface area contributed by atoms with E-state index in [1.807, 2.05) is 36.4 Å². The van der Waals surface area contributed by atoms with Crippen LogP contribution in [0.3, 0.4) is 0 Å². The first-order valence-corrected chi connectivity index (χ1v) is 11.9. The summed E-state index contributed by atoms with van der Waals surface area (Å²) in [5.74, 6) is 0.0517. The van der Waals surface area contributed by atoms with Gasteiger partial charge in [0.1, 0.15) is 18.2 Å². The predicted octanol–water partition coefficient (Wildman–Crippen LogP) is 4.36. The fourth-order valence-corrected chi connectivity index (χ4v) is 4.13. The number of amides is 2. The average Bonchev–Trinajstić information content (AvgIpc) is 2.89. The number of piperazine rings is 1. The number of halogens is 1. The maximum absolute atomic E-state index is 13.2. The SMILES string of the molecule is CCc1ccccc1NC(=O)CN1CCN(C(=O)c2ccccc2OCc2ccc(F)cc2)CC1. The molecule has 1 aliphatic rings. The van der Waals surface area contributed by atoms with Crippen LogP contribution in [0.4, 0.5) is 10.1 Å². The van der Waals surface area contributed by atoms with E-state index in [9.17, 15) is 14.0 Å². The van der Waals surface area contributed by atoms with Gasteiger partial charge < -0.3 is 15.0 Å². The second-order valence-electron chi connectivity index (χ2n) is 8.54. The second kappa shape index (κ2) is 11.6. The van der Waals surface area contributed by atoms with Crippen LogP contribution in [0, 0.1) is 5.82 Å². The van der Waals surface area contributed by atoms with Gasteiger partial charge in [0, 0.05) is 31.9 Å². The standard InChI is InChI=1S/C28H30FN3O3/c1-2-22-7-3-5-9-25(22)30-27(33)19-31-15-17-32(18-16-31)28(34)24-8-4-6-10-26(24)35-20-21-11-13-23(29)14-12-21/h3-14H,2,15-20H2,1H3,(H,30,33). The summed E-state index contributed by atoms with van der Waals surface area (Å²) in [6.07, 6.45) is 0.853. The minimum atomic E-state index is -0.299. The van der Waals surface area contributed by atoms with Gasteiger partial charge in [-0.15, -0.1) is 0 Å². The summed E-state index contributed by atoms with van der Waals surface area (Å²) in [5, 5.41) is 3.01. The van der Waals surface area contributed by atoms with Crippen molar-refractivity contribution in [3.8, 4) is 5.75 Å². The van der Waals surface area contributed by atoms with Crippen LogP contribution in [0.25, 0.3) is 0 Å². The van der Waals surface area contributed by atoms with Gasteiger partial charge in [0.05, 0.1) is 12.1 Å². The second-order valence-corrected chi connectivity index (χ2v) is 8.54. The summed E-state index contributed by atoms with van der Waals surface area (Å²) in [6, 6.07) is 21.1. The molecule has 1 aliphatic heterocycles. The Balaban J connectivity index is 1.30. The Morgan fingerprint density at radius 1 is 0.914 bits per heavy atom. The molecule has 0 unspecified atom stereocenters. The molecular weight excluding hydrogens is 445 g/mol. The molecule has 0 atom stereocenters. The maximum Gasteiger partial charge on any atom is 0.257 e. The van der Waals surface area contributed by atoms with E-state index in [4.69, 9.17) is 4.74 Å². The predicted molar refractivity (Wildman–Crippen MR) is 134 cm³/mol. The number of carbonyl (C=O) groups excluding carboxylic acids is 2. The lowest BCUT2D eigenvalue weighted by Crippen LogP contribution is -2.50. The number of hydrogen-bond donors (Lipinski definition) is 1. The average molecular weight is 476 g/mol. The first-order chi connectivity index (χ1) is 17.0. The van der Waals surface area contributed by atoms with Gasteiger partial charge in [-0.05, 0) is 47.9 Å². The molecule has 0 saturated carbocycles. The van der Waals surface area contributed by atoms with Crippen molar-refractivity contribution in [1.29, 1.82) is 0 Å².